The lowest BCUT2D eigenvalue weighted by Gasteiger charge is -2.26. The zero-order valence-corrected chi connectivity index (χ0v) is 19.8. The average Bonchev–Trinajstić information content (AvgIpc) is 3.28. The molecule has 3 aliphatic carbocycles. The van der Waals surface area contributed by atoms with E-state index in [9.17, 15) is 14.0 Å². The summed E-state index contributed by atoms with van der Waals surface area (Å²) in [4.78, 5) is 28.4. The Morgan fingerprint density at radius 3 is 2.38 bits per heavy atom. The van der Waals surface area contributed by atoms with Gasteiger partial charge in [0, 0.05) is 29.8 Å². The molecule has 5 atom stereocenters. The molecule has 1 heterocycles. The maximum absolute atomic E-state index is 13.7. The summed E-state index contributed by atoms with van der Waals surface area (Å²) in [5.41, 5.74) is 0.873. The van der Waals surface area contributed by atoms with E-state index in [0.29, 0.717) is 13.0 Å². The molecule has 0 radical (unpaired) electrons. The number of unbranched alkanes of at least 4 members (excludes halogenated alkanes) is 1. The minimum Gasteiger partial charge on any atom is -0.356 e. The van der Waals surface area contributed by atoms with Gasteiger partial charge in [-0.3, -0.25) is 14.5 Å². The molecule has 1 aromatic rings. The summed E-state index contributed by atoms with van der Waals surface area (Å²) in [6.45, 7) is 2.16. The van der Waals surface area contributed by atoms with Crippen molar-refractivity contribution < 1.29 is 14.0 Å². The summed E-state index contributed by atoms with van der Waals surface area (Å²) in [7, 11) is 0. The number of likely N-dealkylation sites (tertiary alicyclic amines) is 1. The molecular formula is C25H31BrFN3O2. The second-order valence-corrected chi connectivity index (χ2v) is 10.7. The highest BCUT2D eigenvalue weighted by molar-refractivity contribution is 9.10. The monoisotopic (exact) mass is 503 g/mol. The Morgan fingerprint density at radius 1 is 1.06 bits per heavy atom. The third kappa shape index (κ3) is 4.03. The van der Waals surface area contributed by atoms with E-state index in [0.717, 1.165) is 55.4 Å². The molecular weight excluding hydrogens is 473 g/mol. The van der Waals surface area contributed by atoms with Crippen LogP contribution in [0.4, 0.5) is 10.1 Å². The lowest BCUT2D eigenvalue weighted by molar-refractivity contribution is -0.132. The van der Waals surface area contributed by atoms with Crippen LogP contribution < -0.4 is 10.6 Å². The maximum atomic E-state index is 13.7. The molecule has 0 unspecified atom stereocenters. The number of hydrogen-bond acceptors (Lipinski definition) is 3. The van der Waals surface area contributed by atoms with Gasteiger partial charge >= 0.3 is 0 Å². The molecule has 2 amide bonds. The standard InChI is InChI=1S/C25H31BrFN3O2/c26-16-5-7-17(8-6-16)29-24(32)22-19-10-9-18(25(19)11-12-25)21(22)23(31)28-13-1-2-14-30-15-3-4-20(30)27/h5-10,18-22H,1-4,11-15H2,(H,28,31)(H,29,32)/t18-,19+,20-,21-,22-/m1/s1. The molecule has 4 aliphatic rings. The minimum absolute atomic E-state index is 0.00591. The quantitative estimate of drug-likeness (QED) is 0.311. The summed E-state index contributed by atoms with van der Waals surface area (Å²) in [6.07, 6.45) is 9.02. The third-order valence-electron chi connectivity index (χ3n) is 8.01. The first kappa shape index (κ1) is 22.1. The maximum Gasteiger partial charge on any atom is 0.228 e. The Bertz CT molecular complexity index is 901. The number of carbonyl (C=O) groups excluding carboxylic acids is 2. The van der Waals surface area contributed by atoms with Crippen LogP contribution >= 0.6 is 15.9 Å². The van der Waals surface area contributed by atoms with E-state index in [4.69, 9.17) is 0 Å². The van der Waals surface area contributed by atoms with Crippen molar-refractivity contribution in [2.24, 2.45) is 29.1 Å². The highest BCUT2D eigenvalue weighted by atomic mass is 79.9. The van der Waals surface area contributed by atoms with Crippen LogP contribution in [0.5, 0.6) is 0 Å². The lowest BCUT2D eigenvalue weighted by atomic mass is 9.81. The Hall–Kier alpha value is -1.73. The fourth-order valence-electron chi connectivity index (χ4n) is 6.28. The number of nitrogens with one attached hydrogen (secondary N) is 2. The van der Waals surface area contributed by atoms with E-state index in [-0.39, 0.29) is 40.9 Å². The second kappa shape index (κ2) is 8.90. The van der Waals surface area contributed by atoms with Crippen LogP contribution in [0.25, 0.3) is 0 Å². The normalized spacial score (nSPS) is 31.9. The van der Waals surface area contributed by atoms with E-state index in [1.807, 2.05) is 29.2 Å². The zero-order chi connectivity index (χ0) is 22.3. The van der Waals surface area contributed by atoms with Crippen molar-refractivity contribution in [3.63, 3.8) is 0 Å². The van der Waals surface area contributed by atoms with Gasteiger partial charge in [0.1, 0.15) is 0 Å². The molecule has 3 fully saturated rings. The first-order valence-corrected chi connectivity index (χ1v) is 12.7. The number of halogens is 2. The zero-order valence-electron chi connectivity index (χ0n) is 18.2. The van der Waals surface area contributed by atoms with Gasteiger partial charge < -0.3 is 10.6 Å². The molecule has 1 aromatic carbocycles. The van der Waals surface area contributed by atoms with Crippen molar-refractivity contribution in [1.82, 2.24) is 10.2 Å². The highest BCUT2D eigenvalue weighted by Gasteiger charge is 2.69. The molecule has 2 N–H and O–H groups in total. The second-order valence-electron chi connectivity index (χ2n) is 9.83. The van der Waals surface area contributed by atoms with Crippen LogP contribution in [0.2, 0.25) is 0 Å². The van der Waals surface area contributed by atoms with E-state index < -0.39 is 6.30 Å². The SMILES string of the molecule is O=C(NCCCCN1CCC[C@@H]1F)[C@H]1[C@H](C(=O)Nc2ccc(Br)cc2)[C@@H]2C=C[C@H]1C21CC1. The molecule has 1 saturated heterocycles. The fraction of sp³-hybridized carbons (Fsp3) is 0.600. The summed E-state index contributed by atoms with van der Waals surface area (Å²) < 4.78 is 14.7. The topological polar surface area (TPSA) is 61.4 Å². The van der Waals surface area contributed by atoms with Gasteiger partial charge in [0.2, 0.25) is 11.8 Å². The molecule has 172 valence electrons. The molecule has 1 spiro atoms. The Morgan fingerprint density at radius 2 is 1.75 bits per heavy atom. The fourth-order valence-corrected chi connectivity index (χ4v) is 6.54. The van der Waals surface area contributed by atoms with Gasteiger partial charge in [-0.25, -0.2) is 4.39 Å². The van der Waals surface area contributed by atoms with Crippen LogP contribution in [0, 0.1) is 29.1 Å². The van der Waals surface area contributed by atoms with Gasteiger partial charge in [0.15, 0.2) is 6.30 Å². The lowest BCUT2D eigenvalue weighted by Crippen LogP contribution is -2.42. The van der Waals surface area contributed by atoms with E-state index in [1.54, 1.807) is 0 Å². The number of amides is 2. The van der Waals surface area contributed by atoms with Crippen LogP contribution in [0.15, 0.2) is 40.9 Å². The van der Waals surface area contributed by atoms with Crippen LogP contribution in [-0.2, 0) is 9.59 Å². The van der Waals surface area contributed by atoms with Crippen molar-refractivity contribution in [2.45, 2.75) is 44.8 Å². The summed E-state index contributed by atoms with van der Waals surface area (Å²) in [5.74, 6) is -0.391. The predicted octanol–water partition coefficient (Wildman–Crippen LogP) is 4.50. The minimum atomic E-state index is -0.801. The van der Waals surface area contributed by atoms with Gasteiger partial charge in [-0.2, -0.15) is 0 Å². The summed E-state index contributed by atoms with van der Waals surface area (Å²) >= 11 is 3.42. The van der Waals surface area contributed by atoms with Crippen molar-refractivity contribution in [1.29, 1.82) is 0 Å². The number of hydrogen-bond donors (Lipinski definition) is 2. The van der Waals surface area contributed by atoms with E-state index in [2.05, 4.69) is 38.7 Å². The first-order chi connectivity index (χ1) is 15.5. The molecule has 5 nitrogen and oxygen atoms in total. The average molecular weight is 504 g/mol. The van der Waals surface area contributed by atoms with Crippen LogP contribution in [0.3, 0.4) is 0 Å². The Balaban J connectivity index is 1.19. The number of carbonyl (C=O) groups is 2. The number of nitrogens with zero attached hydrogens (tertiary/aromatic N) is 1. The molecule has 1 aliphatic heterocycles. The summed E-state index contributed by atoms with van der Waals surface area (Å²) in [6, 6.07) is 7.54. The molecule has 0 aromatic heterocycles. The summed E-state index contributed by atoms with van der Waals surface area (Å²) in [5, 5.41) is 6.14. The van der Waals surface area contributed by atoms with Crippen molar-refractivity contribution in [2.75, 3.05) is 25.0 Å². The Kier molecular flexibility index (Phi) is 6.14. The van der Waals surface area contributed by atoms with Crippen LogP contribution in [-0.4, -0.2) is 42.6 Å². The van der Waals surface area contributed by atoms with Gasteiger partial charge in [0.05, 0.1) is 11.8 Å². The molecule has 5 rings (SSSR count). The molecule has 32 heavy (non-hydrogen) atoms. The number of benzene rings is 1. The number of anilines is 1. The first-order valence-electron chi connectivity index (χ1n) is 11.9. The van der Waals surface area contributed by atoms with Crippen LogP contribution in [0.1, 0.15) is 38.5 Å². The van der Waals surface area contributed by atoms with Gasteiger partial charge in [-0.1, -0.05) is 28.1 Å². The molecule has 2 saturated carbocycles. The Labute approximate surface area is 197 Å². The van der Waals surface area contributed by atoms with Gasteiger partial charge in [0.25, 0.3) is 0 Å². The van der Waals surface area contributed by atoms with E-state index in [1.165, 1.54) is 0 Å². The predicted molar refractivity (Wildman–Crippen MR) is 125 cm³/mol. The molecule has 2 bridgehead atoms. The van der Waals surface area contributed by atoms with Crippen molar-refractivity contribution >= 4 is 33.4 Å². The van der Waals surface area contributed by atoms with Crippen molar-refractivity contribution in [3.8, 4) is 0 Å². The van der Waals surface area contributed by atoms with Gasteiger partial charge in [-0.15, -0.1) is 0 Å². The van der Waals surface area contributed by atoms with E-state index >= 15 is 0 Å². The highest BCUT2D eigenvalue weighted by Crippen LogP contribution is 2.72. The number of allylic oxidation sites excluding steroid dienone is 2. The smallest absolute Gasteiger partial charge is 0.228 e. The number of rotatable bonds is 8. The molecule has 7 heteroatoms. The number of alkyl halides is 1. The largest absolute Gasteiger partial charge is 0.356 e. The third-order valence-corrected chi connectivity index (χ3v) is 8.54. The van der Waals surface area contributed by atoms with Gasteiger partial charge in [-0.05, 0) is 80.0 Å². The van der Waals surface area contributed by atoms with Crippen molar-refractivity contribution in [3.05, 3.63) is 40.9 Å².